The number of nitrogens with one attached hydrogen (secondary N) is 2. The summed E-state index contributed by atoms with van der Waals surface area (Å²) in [6.07, 6.45) is 16.2. The molecule has 4 nitrogen and oxygen atoms in total. The summed E-state index contributed by atoms with van der Waals surface area (Å²) >= 11 is 0. The Labute approximate surface area is 216 Å². The van der Waals surface area contributed by atoms with Gasteiger partial charge in [0, 0.05) is 0 Å². The summed E-state index contributed by atoms with van der Waals surface area (Å²) in [5.41, 5.74) is 1.62. The number of hydrogen-bond acceptors (Lipinski definition) is 2. The smallest absolute Gasteiger partial charge is 0.322 e. The highest BCUT2D eigenvalue weighted by molar-refractivity contribution is 6.04. The number of fused-ring (bicyclic) bond motifs is 5. The summed E-state index contributed by atoms with van der Waals surface area (Å²) in [6.45, 7) is 18.4. The van der Waals surface area contributed by atoms with Gasteiger partial charge in [0.25, 0.3) is 5.91 Å². The van der Waals surface area contributed by atoms with Crippen LogP contribution in [0.2, 0.25) is 0 Å². The molecule has 4 saturated carbocycles. The van der Waals surface area contributed by atoms with Crippen molar-refractivity contribution in [2.45, 2.75) is 138 Å². The summed E-state index contributed by atoms with van der Waals surface area (Å²) in [6, 6.07) is -0.646. The third kappa shape index (κ3) is 4.81. The fourth-order valence-electron chi connectivity index (χ4n) is 9.87. The normalized spacial score (nSPS) is 44.7. The molecule has 35 heavy (non-hydrogen) atoms. The second-order valence-corrected chi connectivity index (χ2v) is 12.9. The van der Waals surface area contributed by atoms with Crippen LogP contribution in [0.4, 0.5) is 4.79 Å². The molecule has 9 unspecified atom stereocenters. The minimum Gasteiger partial charge on any atom is -0.326 e. The first-order valence-electron chi connectivity index (χ1n) is 15.3. The Bertz CT molecular complexity index is 752. The van der Waals surface area contributed by atoms with Gasteiger partial charge in [-0.1, -0.05) is 68.2 Å². The lowest BCUT2D eigenvalue weighted by atomic mass is 9.40. The summed E-state index contributed by atoms with van der Waals surface area (Å²) in [4.78, 5) is 23.4. The van der Waals surface area contributed by atoms with Crippen molar-refractivity contribution in [2.24, 2.45) is 45.8 Å². The third-order valence-electron chi connectivity index (χ3n) is 11.9. The van der Waals surface area contributed by atoms with Gasteiger partial charge in [-0.25, -0.2) is 4.79 Å². The van der Waals surface area contributed by atoms with E-state index >= 15 is 0 Å². The van der Waals surface area contributed by atoms with E-state index in [1.807, 2.05) is 27.7 Å². The third-order valence-corrected chi connectivity index (χ3v) is 11.9. The monoisotopic (exact) mass is 488 g/mol. The Morgan fingerprint density at radius 2 is 1.54 bits per heavy atom. The highest BCUT2D eigenvalue weighted by atomic mass is 16.2. The van der Waals surface area contributed by atoms with Gasteiger partial charge in [-0.3, -0.25) is 10.1 Å². The topological polar surface area (TPSA) is 58.2 Å². The lowest BCUT2D eigenvalue weighted by Crippen LogP contribution is -2.56. The lowest BCUT2D eigenvalue weighted by Gasteiger charge is -2.65. The van der Waals surface area contributed by atoms with Crippen molar-refractivity contribution in [3.8, 4) is 0 Å². The van der Waals surface area contributed by atoms with E-state index in [9.17, 15) is 9.59 Å². The standard InChI is InChI=1S/C27H44N2O2.2C2H6/c1-17(7-10-22-23(30)29-24(31)28-22)19-8-9-20-18-11-15-25(2)13-5-6-14-27(25,4)21(18)12-16-26(19,20)3;2*1-2/h17-22H,5-16H2,1-4H3,(H2,28,29,30,31);2*1-2H3. The Balaban J connectivity index is 0.000000815. The Hall–Kier alpha value is -1.06. The van der Waals surface area contributed by atoms with E-state index in [0.717, 1.165) is 36.5 Å². The maximum Gasteiger partial charge on any atom is 0.322 e. The minimum absolute atomic E-state index is 0.140. The molecule has 5 rings (SSSR count). The summed E-state index contributed by atoms with van der Waals surface area (Å²) in [7, 11) is 0. The van der Waals surface area contributed by atoms with E-state index in [-0.39, 0.29) is 18.0 Å². The molecule has 1 saturated heterocycles. The molecule has 2 N–H and O–H groups in total. The molecular formula is C31H56N2O2. The predicted molar refractivity (Wildman–Crippen MR) is 146 cm³/mol. The Morgan fingerprint density at radius 1 is 0.857 bits per heavy atom. The van der Waals surface area contributed by atoms with Crippen molar-refractivity contribution in [2.75, 3.05) is 0 Å². The van der Waals surface area contributed by atoms with Crippen LogP contribution in [0.25, 0.3) is 0 Å². The molecule has 202 valence electrons. The first kappa shape index (κ1) is 28.5. The molecule has 5 aliphatic rings. The number of imide groups is 1. The molecule has 0 aromatic rings. The average molecular weight is 489 g/mol. The van der Waals surface area contributed by atoms with Crippen molar-refractivity contribution >= 4 is 11.9 Å². The van der Waals surface area contributed by atoms with Crippen molar-refractivity contribution in [1.29, 1.82) is 0 Å². The summed E-state index contributed by atoms with van der Waals surface area (Å²) in [5.74, 6) is 4.03. The van der Waals surface area contributed by atoms with Gasteiger partial charge in [0.1, 0.15) is 6.04 Å². The molecule has 0 aromatic heterocycles. The van der Waals surface area contributed by atoms with Crippen molar-refractivity contribution in [3.05, 3.63) is 0 Å². The molecule has 1 heterocycles. The van der Waals surface area contributed by atoms with E-state index in [1.165, 1.54) is 64.2 Å². The van der Waals surface area contributed by atoms with E-state index < -0.39 is 0 Å². The van der Waals surface area contributed by atoms with Crippen LogP contribution >= 0.6 is 0 Å². The second-order valence-electron chi connectivity index (χ2n) is 12.9. The van der Waals surface area contributed by atoms with Crippen LogP contribution in [0, 0.1) is 45.8 Å². The Kier molecular flexibility index (Phi) is 9.07. The van der Waals surface area contributed by atoms with Gasteiger partial charge in [0.05, 0.1) is 0 Å². The van der Waals surface area contributed by atoms with Crippen LogP contribution in [-0.4, -0.2) is 18.0 Å². The molecule has 9 atom stereocenters. The van der Waals surface area contributed by atoms with Gasteiger partial charge in [0.15, 0.2) is 0 Å². The molecule has 0 radical (unpaired) electrons. The highest BCUT2D eigenvalue weighted by Gasteiger charge is 2.62. The van der Waals surface area contributed by atoms with Crippen LogP contribution < -0.4 is 10.6 Å². The molecule has 0 spiro atoms. The van der Waals surface area contributed by atoms with Crippen molar-refractivity contribution in [1.82, 2.24) is 10.6 Å². The molecule has 0 aromatic carbocycles. The zero-order valence-electron chi connectivity index (χ0n) is 24.3. The van der Waals surface area contributed by atoms with E-state index in [0.29, 0.717) is 22.2 Å². The zero-order valence-corrected chi connectivity index (χ0v) is 24.3. The Morgan fingerprint density at radius 3 is 2.20 bits per heavy atom. The van der Waals surface area contributed by atoms with Crippen LogP contribution in [0.5, 0.6) is 0 Å². The fourth-order valence-corrected chi connectivity index (χ4v) is 9.87. The largest absolute Gasteiger partial charge is 0.326 e. The molecule has 5 fully saturated rings. The van der Waals surface area contributed by atoms with E-state index in [1.54, 1.807) is 0 Å². The first-order valence-corrected chi connectivity index (χ1v) is 15.3. The zero-order chi connectivity index (χ0) is 26.0. The lowest BCUT2D eigenvalue weighted by molar-refractivity contribution is -0.154. The van der Waals surface area contributed by atoms with Crippen LogP contribution in [0.15, 0.2) is 0 Å². The average Bonchev–Trinajstić information content (AvgIpc) is 3.38. The summed E-state index contributed by atoms with van der Waals surface area (Å²) < 4.78 is 0. The number of amides is 3. The molecular weight excluding hydrogens is 432 g/mol. The minimum atomic E-state index is -0.325. The number of urea groups is 1. The molecule has 0 bridgehead atoms. The molecule has 1 aliphatic heterocycles. The van der Waals surface area contributed by atoms with Crippen LogP contribution in [0.1, 0.15) is 132 Å². The molecule has 4 heteroatoms. The second kappa shape index (κ2) is 11.1. The fraction of sp³-hybridized carbons (Fsp3) is 0.935. The maximum atomic E-state index is 11.9. The summed E-state index contributed by atoms with van der Waals surface area (Å²) in [5, 5.41) is 5.17. The van der Waals surface area contributed by atoms with Gasteiger partial charge in [-0.2, -0.15) is 0 Å². The maximum absolute atomic E-state index is 11.9. The van der Waals surface area contributed by atoms with Crippen LogP contribution in [0.3, 0.4) is 0 Å². The van der Waals surface area contributed by atoms with E-state index in [4.69, 9.17) is 0 Å². The number of carbonyl (C=O) groups is 2. The highest BCUT2D eigenvalue weighted by Crippen LogP contribution is 2.71. The van der Waals surface area contributed by atoms with Gasteiger partial charge in [-0.15, -0.1) is 0 Å². The quantitative estimate of drug-likeness (QED) is 0.393. The van der Waals surface area contributed by atoms with E-state index in [2.05, 4.69) is 38.3 Å². The van der Waals surface area contributed by atoms with Gasteiger partial charge in [0.2, 0.25) is 0 Å². The first-order chi connectivity index (χ1) is 16.7. The van der Waals surface area contributed by atoms with Gasteiger partial charge in [-0.05, 0) is 110 Å². The predicted octanol–water partition coefficient (Wildman–Crippen LogP) is 8.10. The molecule has 3 amide bonds. The number of rotatable bonds is 4. The van der Waals surface area contributed by atoms with Crippen molar-refractivity contribution < 1.29 is 9.59 Å². The number of carbonyl (C=O) groups excluding carboxylic acids is 2. The van der Waals surface area contributed by atoms with Crippen molar-refractivity contribution in [3.63, 3.8) is 0 Å². The number of hydrogen-bond donors (Lipinski definition) is 2. The SMILES string of the molecule is CC.CC.CC(CCC1NC(=O)NC1=O)C1CCC2C3CCC4(C)CCCCC4(C)C3CCC12C. The van der Waals surface area contributed by atoms with Gasteiger partial charge >= 0.3 is 6.03 Å². The molecule has 4 aliphatic carbocycles. The van der Waals surface area contributed by atoms with Gasteiger partial charge < -0.3 is 5.32 Å². The van der Waals surface area contributed by atoms with Crippen LogP contribution in [-0.2, 0) is 4.79 Å².